The molecule has 1 amide bonds. The van der Waals surface area contributed by atoms with Crippen molar-refractivity contribution in [3.05, 3.63) is 29.3 Å². The molecule has 5 nitrogen and oxygen atoms in total. The van der Waals surface area contributed by atoms with Gasteiger partial charge in [0.2, 0.25) is 5.91 Å². The van der Waals surface area contributed by atoms with Crippen LogP contribution in [0.3, 0.4) is 0 Å². The predicted molar refractivity (Wildman–Crippen MR) is 77.6 cm³/mol. The number of rotatable bonds is 3. The van der Waals surface area contributed by atoms with Crippen molar-refractivity contribution in [3.63, 3.8) is 0 Å². The number of fused-ring (bicyclic) bond motifs is 1. The van der Waals surface area contributed by atoms with E-state index in [1.165, 1.54) is 0 Å². The zero-order valence-corrected chi connectivity index (χ0v) is 12.3. The van der Waals surface area contributed by atoms with Crippen LogP contribution in [-0.2, 0) is 16.0 Å². The Morgan fingerprint density at radius 3 is 2.86 bits per heavy atom. The molecule has 1 N–H and O–H groups in total. The number of carboxylic acids is 1. The van der Waals surface area contributed by atoms with Gasteiger partial charge in [0.25, 0.3) is 0 Å². The molecule has 1 aromatic carbocycles. The maximum atomic E-state index is 12.2. The zero-order valence-electron chi connectivity index (χ0n) is 12.3. The molecule has 2 heterocycles. The largest absolute Gasteiger partial charge is 0.478 e. The van der Waals surface area contributed by atoms with Gasteiger partial charge in [-0.1, -0.05) is 0 Å². The second-order valence-electron chi connectivity index (χ2n) is 6.37. The van der Waals surface area contributed by atoms with E-state index >= 15 is 0 Å². The fourth-order valence-electron chi connectivity index (χ4n) is 3.13. The van der Waals surface area contributed by atoms with Gasteiger partial charge in [-0.2, -0.15) is 0 Å². The van der Waals surface area contributed by atoms with Crippen LogP contribution in [0.2, 0.25) is 0 Å². The fourth-order valence-corrected chi connectivity index (χ4v) is 3.13. The second-order valence-corrected chi connectivity index (χ2v) is 6.37. The van der Waals surface area contributed by atoms with Crippen LogP contribution in [0.15, 0.2) is 18.2 Å². The first-order valence-corrected chi connectivity index (χ1v) is 7.20. The Hall–Kier alpha value is -1.88. The number of ether oxygens (including phenoxy) is 1. The molecule has 112 valence electrons. The van der Waals surface area contributed by atoms with Crippen LogP contribution in [-0.4, -0.2) is 35.2 Å². The van der Waals surface area contributed by atoms with Crippen LogP contribution in [0.4, 0.5) is 5.69 Å². The summed E-state index contributed by atoms with van der Waals surface area (Å²) in [7, 11) is 0. The predicted octanol–water partition coefficient (Wildman–Crippen LogP) is 2.23. The van der Waals surface area contributed by atoms with Crippen molar-refractivity contribution in [2.24, 2.45) is 0 Å². The van der Waals surface area contributed by atoms with Crippen molar-refractivity contribution in [3.8, 4) is 0 Å². The standard InChI is InChI=1S/C16H19NO4/c1-16(2)6-5-12(21-16)9-17-13-4-3-10(15(19)20)7-11(13)8-14(17)18/h3-4,7,12H,5-6,8-9H2,1-2H3,(H,19,20). The number of carbonyl (C=O) groups excluding carboxylic acids is 1. The van der Waals surface area contributed by atoms with Gasteiger partial charge in [0, 0.05) is 5.69 Å². The van der Waals surface area contributed by atoms with Gasteiger partial charge >= 0.3 is 5.97 Å². The van der Waals surface area contributed by atoms with Crippen molar-refractivity contribution in [2.75, 3.05) is 11.4 Å². The van der Waals surface area contributed by atoms with Crippen molar-refractivity contribution < 1.29 is 19.4 Å². The smallest absolute Gasteiger partial charge is 0.335 e. The maximum absolute atomic E-state index is 12.2. The molecule has 0 aliphatic carbocycles. The minimum atomic E-state index is -0.968. The van der Waals surface area contributed by atoms with Crippen molar-refractivity contribution in [1.29, 1.82) is 0 Å². The van der Waals surface area contributed by atoms with Crippen LogP contribution in [0, 0.1) is 0 Å². The molecule has 0 spiro atoms. The van der Waals surface area contributed by atoms with Gasteiger partial charge in [0.15, 0.2) is 0 Å². The third kappa shape index (κ3) is 2.65. The SMILES string of the molecule is CC1(C)CCC(CN2C(=O)Cc3cc(C(=O)O)ccc32)O1. The van der Waals surface area contributed by atoms with E-state index in [1.807, 2.05) is 0 Å². The quantitative estimate of drug-likeness (QED) is 0.926. The van der Waals surface area contributed by atoms with E-state index in [-0.39, 0.29) is 29.6 Å². The summed E-state index contributed by atoms with van der Waals surface area (Å²) in [4.78, 5) is 24.9. The number of carbonyl (C=O) groups is 2. The molecule has 1 atom stereocenters. The number of anilines is 1. The average molecular weight is 289 g/mol. The van der Waals surface area contributed by atoms with Crippen LogP contribution < -0.4 is 4.90 Å². The minimum absolute atomic E-state index is 0.0147. The lowest BCUT2D eigenvalue weighted by molar-refractivity contribution is -0.118. The number of benzene rings is 1. The molecule has 0 saturated carbocycles. The lowest BCUT2D eigenvalue weighted by Crippen LogP contribution is -2.35. The van der Waals surface area contributed by atoms with Crippen molar-refractivity contribution in [2.45, 2.75) is 44.8 Å². The maximum Gasteiger partial charge on any atom is 0.335 e. The Labute approximate surface area is 123 Å². The number of hydrogen-bond acceptors (Lipinski definition) is 3. The van der Waals surface area contributed by atoms with Gasteiger partial charge in [-0.15, -0.1) is 0 Å². The topological polar surface area (TPSA) is 66.8 Å². The molecule has 0 radical (unpaired) electrons. The Morgan fingerprint density at radius 1 is 1.48 bits per heavy atom. The molecule has 2 aliphatic heterocycles. The third-order valence-corrected chi connectivity index (χ3v) is 4.20. The molecule has 1 saturated heterocycles. The van der Waals surface area contributed by atoms with E-state index in [9.17, 15) is 9.59 Å². The summed E-state index contributed by atoms with van der Waals surface area (Å²) in [5, 5.41) is 9.02. The number of hydrogen-bond donors (Lipinski definition) is 1. The normalized spacial score (nSPS) is 23.4. The summed E-state index contributed by atoms with van der Waals surface area (Å²) in [5.41, 5.74) is 1.71. The van der Waals surface area contributed by atoms with Gasteiger partial charge in [-0.3, -0.25) is 4.79 Å². The van der Waals surface area contributed by atoms with E-state index in [1.54, 1.807) is 23.1 Å². The van der Waals surface area contributed by atoms with Crippen molar-refractivity contribution >= 4 is 17.6 Å². The molecular weight excluding hydrogens is 270 g/mol. The molecule has 1 unspecified atom stereocenters. The van der Waals surface area contributed by atoms with E-state index in [4.69, 9.17) is 9.84 Å². The number of aromatic carboxylic acids is 1. The summed E-state index contributed by atoms with van der Waals surface area (Å²) in [6, 6.07) is 4.87. The molecule has 1 aromatic rings. The van der Waals surface area contributed by atoms with Gasteiger partial charge < -0.3 is 14.7 Å². The van der Waals surface area contributed by atoms with Crippen LogP contribution in [0.5, 0.6) is 0 Å². The molecule has 2 aliphatic rings. The lowest BCUT2D eigenvalue weighted by atomic mass is 10.1. The molecule has 0 aromatic heterocycles. The van der Waals surface area contributed by atoms with Crippen molar-refractivity contribution in [1.82, 2.24) is 0 Å². The summed E-state index contributed by atoms with van der Waals surface area (Å²) in [6.45, 7) is 4.67. The Kier molecular flexibility index (Phi) is 3.24. The Bertz CT molecular complexity index is 608. The van der Waals surface area contributed by atoms with E-state index in [0.29, 0.717) is 6.54 Å². The van der Waals surface area contributed by atoms with Crippen LogP contribution in [0.1, 0.15) is 42.6 Å². The number of nitrogens with zero attached hydrogens (tertiary/aromatic N) is 1. The van der Waals surface area contributed by atoms with Gasteiger partial charge in [0.1, 0.15) is 0 Å². The molecule has 1 fully saturated rings. The van der Waals surface area contributed by atoms with E-state index < -0.39 is 5.97 Å². The minimum Gasteiger partial charge on any atom is -0.478 e. The van der Waals surface area contributed by atoms with E-state index in [2.05, 4.69) is 13.8 Å². The average Bonchev–Trinajstić information content (AvgIpc) is 2.90. The Morgan fingerprint density at radius 2 is 2.24 bits per heavy atom. The highest BCUT2D eigenvalue weighted by atomic mass is 16.5. The highest BCUT2D eigenvalue weighted by Crippen LogP contribution is 2.34. The fraction of sp³-hybridized carbons (Fsp3) is 0.500. The zero-order chi connectivity index (χ0) is 15.2. The summed E-state index contributed by atoms with van der Waals surface area (Å²) in [6.07, 6.45) is 2.25. The summed E-state index contributed by atoms with van der Waals surface area (Å²) in [5.74, 6) is -0.953. The lowest BCUT2D eigenvalue weighted by Gasteiger charge is -2.24. The van der Waals surface area contributed by atoms with Crippen LogP contribution in [0.25, 0.3) is 0 Å². The molecule has 21 heavy (non-hydrogen) atoms. The van der Waals surface area contributed by atoms with Crippen LogP contribution >= 0.6 is 0 Å². The summed E-state index contributed by atoms with van der Waals surface area (Å²) >= 11 is 0. The van der Waals surface area contributed by atoms with Gasteiger partial charge in [-0.05, 0) is 50.5 Å². The Balaban J connectivity index is 1.80. The molecular formula is C16H19NO4. The molecule has 0 bridgehead atoms. The number of carboxylic acid groups (broad SMARTS) is 1. The second kappa shape index (κ2) is 4.84. The third-order valence-electron chi connectivity index (χ3n) is 4.20. The van der Waals surface area contributed by atoms with E-state index in [0.717, 1.165) is 24.1 Å². The first-order valence-electron chi connectivity index (χ1n) is 7.20. The molecule has 5 heteroatoms. The summed E-state index contributed by atoms with van der Waals surface area (Å²) < 4.78 is 5.95. The highest BCUT2D eigenvalue weighted by molar-refractivity contribution is 6.02. The first kappa shape index (κ1) is 14.1. The highest BCUT2D eigenvalue weighted by Gasteiger charge is 2.36. The first-order chi connectivity index (χ1) is 9.85. The molecule has 3 rings (SSSR count). The van der Waals surface area contributed by atoms with Gasteiger partial charge in [0.05, 0.1) is 30.2 Å². The van der Waals surface area contributed by atoms with Gasteiger partial charge in [-0.25, -0.2) is 4.79 Å². The number of amides is 1. The monoisotopic (exact) mass is 289 g/mol.